The summed E-state index contributed by atoms with van der Waals surface area (Å²) in [6, 6.07) is 16.7. The Kier molecular flexibility index (Phi) is 7.24. The number of carbonyl (C=O) groups is 1. The van der Waals surface area contributed by atoms with E-state index >= 15 is 0 Å². The number of morpholine rings is 1. The van der Waals surface area contributed by atoms with Crippen molar-refractivity contribution >= 4 is 28.6 Å². The molecule has 1 aliphatic heterocycles. The minimum absolute atomic E-state index is 0.00199. The average Bonchev–Trinajstić information content (AvgIpc) is 2.83. The lowest BCUT2D eigenvalue weighted by atomic mass is 10.1. The van der Waals surface area contributed by atoms with Crippen LogP contribution < -0.4 is 5.56 Å². The number of ether oxygens (including phenoxy) is 2. The summed E-state index contributed by atoms with van der Waals surface area (Å²) in [5.41, 5.74) is 1.36. The smallest absolute Gasteiger partial charge is 0.262 e. The third kappa shape index (κ3) is 4.72. The minimum atomic E-state index is -0.525. The van der Waals surface area contributed by atoms with Gasteiger partial charge in [-0.25, -0.2) is 4.98 Å². The third-order valence-electron chi connectivity index (χ3n) is 5.50. The van der Waals surface area contributed by atoms with Crippen molar-refractivity contribution < 1.29 is 14.3 Å². The fourth-order valence-corrected chi connectivity index (χ4v) is 5.14. The maximum Gasteiger partial charge on any atom is 0.262 e. The highest BCUT2D eigenvalue weighted by Gasteiger charge is 2.30. The molecule has 0 bridgehead atoms. The van der Waals surface area contributed by atoms with Crippen LogP contribution in [-0.4, -0.2) is 60.4 Å². The molecule has 7 nitrogen and oxygen atoms in total. The monoisotopic (exact) mass is 453 g/mol. The molecule has 1 amide bonds. The van der Waals surface area contributed by atoms with Crippen LogP contribution in [0.15, 0.2) is 64.5 Å². The molecule has 0 spiro atoms. The van der Waals surface area contributed by atoms with Gasteiger partial charge in [-0.05, 0) is 24.6 Å². The van der Waals surface area contributed by atoms with E-state index in [0.717, 1.165) is 5.56 Å². The highest BCUT2D eigenvalue weighted by Crippen LogP contribution is 2.37. The number of methoxy groups -OCH3 is 1. The molecule has 32 heavy (non-hydrogen) atoms. The first kappa shape index (κ1) is 22.5. The first-order chi connectivity index (χ1) is 15.6. The number of amides is 1. The fourth-order valence-electron chi connectivity index (χ4n) is 3.86. The summed E-state index contributed by atoms with van der Waals surface area (Å²) in [4.78, 5) is 33.6. The predicted molar refractivity (Wildman–Crippen MR) is 125 cm³/mol. The van der Waals surface area contributed by atoms with Gasteiger partial charge in [-0.15, -0.1) is 0 Å². The van der Waals surface area contributed by atoms with Gasteiger partial charge in [0.1, 0.15) is 5.25 Å². The van der Waals surface area contributed by atoms with Gasteiger partial charge in [0.15, 0.2) is 5.16 Å². The molecule has 1 aromatic heterocycles. The van der Waals surface area contributed by atoms with Crippen molar-refractivity contribution in [3.8, 4) is 0 Å². The van der Waals surface area contributed by atoms with Crippen molar-refractivity contribution in [2.24, 2.45) is 0 Å². The number of hydrogen-bond donors (Lipinski definition) is 0. The van der Waals surface area contributed by atoms with Crippen LogP contribution in [0.2, 0.25) is 0 Å². The van der Waals surface area contributed by atoms with E-state index < -0.39 is 5.25 Å². The number of aromatic nitrogens is 2. The van der Waals surface area contributed by atoms with Gasteiger partial charge < -0.3 is 14.4 Å². The Balaban J connectivity index is 1.80. The normalized spacial score (nSPS) is 16.1. The highest BCUT2D eigenvalue weighted by molar-refractivity contribution is 8.00. The quantitative estimate of drug-likeness (QED) is 0.404. The molecule has 8 heteroatoms. The predicted octanol–water partition coefficient (Wildman–Crippen LogP) is 3.30. The molecule has 0 N–H and O–H groups in total. The number of carbonyl (C=O) groups excluding carboxylic acids is 1. The number of hydrogen-bond acceptors (Lipinski definition) is 6. The van der Waals surface area contributed by atoms with E-state index in [1.54, 1.807) is 17.7 Å². The van der Waals surface area contributed by atoms with Crippen molar-refractivity contribution in [3.63, 3.8) is 0 Å². The number of thioether (sulfide) groups is 1. The molecule has 168 valence electrons. The van der Waals surface area contributed by atoms with Crippen LogP contribution in [0.4, 0.5) is 0 Å². The van der Waals surface area contributed by atoms with Gasteiger partial charge in [-0.1, -0.05) is 54.2 Å². The number of para-hydroxylation sites is 1. The summed E-state index contributed by atoms with van der Waals surface area (Å²) >= 11 is 1.32. The molecular formula is C24H27N3O4S. The maximum absolute atomic E-state index is 13.6. The lowest BCUT2D eigenvalue weighted by molar-refractivity contribution is -0.134. The van der Waals surface area contributed by atoms with Gasteiger partial charge in [0.05, 0.1) is 36.8 Å². The van der Waals surface area contributed by atoms with Gasteiger partial charge in [0, 0.05) is 20.2 Å². The van der Waals surface area contributed by atoms with Crippen molar-refractivity contribution in [3.05, 3.63) is 70.5 Å². The van der Waals surface area contributed by atoms with Gasteiger partial charge >= 0.3 is 0 Å². The van der Waals surface area contributed by atoms with Crippen molar-refractivity contribution in [2.45, 2.75) is 23.4 Å². The third-order valence-corrected chi connectivity index (χ3v) is 6.71. The number of fused-ring (bicyclic) bond motifs is 1. The Morgan fingerprint density at radius 3 is 2.53 bits per heavy atom. The molecule has 1 saturated heterocycles. The van der Waals surface area contributed by atoms with Gasteiger partial charge in [0.25, 0.3) is 5.56 Å². The fraction of sp³-hybridized carbons (Fsp3) is 0.375. The summed E-state index contributed by atoms with van der Waals surface area (Å²) < 4.78 is 12.4. The highest BCUT2D eigenvalue weighted by atomic mass is 32.2. The Labute approximate surface area is 191 Å². The van der Waals surface area contributed by atoms with Crippen LogP contribution in [0.1, 0.15) is 23.8 Å². The van der Waals surface area contributed by atoms with Crippen LogP contribution in [0.3, 0.4) is 0 Å². The Bertz CT molecular complexity index is 1130. The van der Waals surface area contributed by atoms with E-state index in [2.05, 4.69) is 0 Å². The molecular weight excluding hydrogens is 426 g/mol. The van der Waals surface area contributed by atoms with Gasteiger partial charge in [-0.3, -0.25) is 14.2 Å². The average molecular weight is 454 g/mol. The largest absolute Gasteiger partial charge is 0.383 e. The standard InChI is InChI=1S/C24H27N3O4S/c1-17(16-30-2)27-22(28)19-10-6-7-11-20(19)25-24(27)32-21(18-8-4-3-5-9-18)23(29)26-12-14-31-15-13-26/h3-11,17,21H,12-16H2,1-2H3/t17-,21-/m1/s1. The first-order valence-corrected chi connectivity index (χ1v) is 11.6. The number of rotatable bonds is 7. The van der Waals surface area contributed by atoms with Gasteiger partial charge in [-0.2, -0.15) is 0 Å². The topological polar surface area (TPSA) is 73.7 Å². The van der Waals surface area contributed by atoms with E-state index in [1.165, 1.54) is 11.8 Å². The van der Waals surface area contributed by atoms with E-state index in [1.807, 2.05) is 60.4 Å². The molecule has 0 radical (unpaired) electrons. The summed E-state index contributed by atoms with van der Waals surface area (Å²) in [5, 5.41) is 0.535. The molecule has 1 fully saturated rings. The van der Waals surface area contributed by atoms with Crippen LogP contribution >= 0.6 is 11.8 Å². The Hall–Kier alpha value is -2.68. The molecule has 4 rings (SSSR count). The maximum atomic E-state index is 13.6. The summed E-state index contributed by atoms with van der Waals surface area (Å²) in [7, 11) is 1.61. The first-order valence-electron chi connectivity index (χ1n) is 10.7. The molecule has 0 unspecified atom stereocenters. The van der Waals surface area contributed by atoms with E-state index in [-0.39, 0.29) is 17.5 Å². The van der Waals surface area contributed by atoms with Crippen LogP contribution in [0, 0.1) is 0 Å². The summed E-state index contributed by atoms with van der Waals surface area (Å²) in [6.07, 6.45) is 0. The lowest BCUT2D eigenvalue weighted by Gasteiger charge is -2.30. The van der Waals surface area contributed by atoms with Crippen LogP contribution in [-0.2, 0) is 14.3 Å². The molecule has 2 aromatic carbocycles. The number of benzene rings is 2. The lowest BCUT2D eigenvalue weighted by Crippen LogP contribution is -2.42. The van der Waals surface area contributed by atoms with Gasteiger partial charge in [0.2, 0.25) is 5.91 Å². The second-order valence-corrected chi connectivity index (χ2v) is 8.81. The molecule has 2 heterocycles. The molecule has 3 aromatic rings. The SMILES string of the molecule is COC[C@@H](C)n1c(S[C@@H](C(=O)N2CCOCC2)c2ccccc2)nc2ccccc2c1=O. The van der Waals surface area contributed by atoms with Crippen LogP contribution in [0.25, 0.3) is 10.9 Å². The summed E-state index contributed by atoms with van der Waals surface area (Å²) in [5.74, 6) is -0.00199. The Morgan fingerprint density at radius 1 is 1.12 bits per heavy atom. The number of nitrogens with zero attached hydrogens (tertiary/aromatic N) is 3. The van der Waals surface area contributed by atoms with E-state index in [0.29, 0.717) is 49.0 Å². The van der Waals surface area contributed by atoms with Crippen molar-refractivity contribution in [1.29, 1.82) is 0 Å². The summed E-state index contributed by atoms with van der Waals surface area (Å²) in [6.45, 7) is 4.46. The van der Waals surface area contributed by atoms with Crippen LogP contribution in [0.5, 0.6) is 0 Å². The minimum Gasteiger partial charge on any atom is -0.383 e. The van der Waals surface area contributed by atoms with Crippen molar-refractivity contribution in [2.75, 3.05) is 40.0 Å². The molecule has 2 atom stereocenters. The molecule has 1 aliphatic rings. The van der Waals surface area contributed by atoms with Crippen molar-refractivity contribution in [1.82, 2.24) is 14.5 Å². The molecule has 0 aliphatic carbocycles. The zero-order valence-corrected chi connectivity index (χ0v) is 19.1. The molecule has 0 saturated carbocycles. The zero-order chi connectivity index (χ0) is 22.5. The van der Waals surface area contributed by atoms with E-state index in [9.17, 15) is 9.59 Å². The van der Waals surface area contributed by atoms with E-state index in [4.69, 9.17) is 14.5 Å². The second-order valence-electron chi connectivity index (χ2n) is 7.74. The zero-order valence-electron chi connectivity index (χ0n) is 18.3. The second kappa shape index (κ2) is 10.3. The Morgan fingerprint density at radius 2 is 1.81 bits per heavy atom.